The summed E-state index contributed by atoms with van der Waals surface area (Å²) in [6.45, 7) is 3.27. The van der Waals surface area contributed by atoms with Gasteiger partial charge < -0.3 is 14.2 Å². The number of benzene rings is 1. The number of rotatable bonds is 10. The molecule has 0 saturated heterocycles. The van der Waals surface area contributed by atoms with Crippen LogP contribution in [-0.2, 0) is 11.3 Å². The van der Waals surface area contributed by atoms with Gasteiger partial charge in [-0.05, 0) is 37.1 Å². The molecule has 8 heteroatoms. The first kappa shape index (κ1) is 20.9. The van der Waals surface area contributed by atoms with Crippen LogP contribution in [0.3, 0.4) is 0 Å². The zero-order chi connectivity index (χ0) is 20.6. The first-order valence-corrected chi connectivity index (χ1v) is 10.4. The number of aromatic nitrogens is 2. The number of hydrogen-bond donors (Lipinski definition) is 0. The quantitative estimate of drug-likeness (QED) is 0.368. The van der Waals surface area contributed by atoms with Crippen molar-refractivity contribution in [2.24, 2.45) is 0 Å². The standard InChI is InChI=1S/C21H24N2O5S/c1-3-4-11-28-21(25)17-13-29-19-18(17)20(24)23(14-22-19)10-5-12-27-16-8-6-15(26-2)7-9-16/h6-9,13-14H,3-5,10-12H2,1-2H3. The van der Waals surface area contributed by atoms with Crippen molar-refractivity contribution in [1.82, 2.24) is 9.55 Å². The number of carbonyl (C=O) groups is 1. The van der Waals surface area contributed by atoms with Gasteiger partial charge in [0.05, 0.1) is 37.6 Å². The highest BCUT2D eigenvalue weighted by atomic mass is 32.1. The van der Waals surface area contributed by atoms with E-state index in [0.29, 0.717) is 42.0 Å². The minimum Gasteiger partial charge on any atom is -0.497 e. The molecule has 29 heavy (non-hydrogen) atoms. The van der Waals surface area contributed by atoms with Crippen molar-refractivity contribution in [2.45, 2.75) is 32.7 Å². The smallest absolute Gasteiger partial charge is 0.339 e. The molecule has 0 aliphatic heterocycles. The van der Waals surface area contributed by atoms with E-state index in [0.717, 1.165) is 24.3 Å². The van der Waals surface area contributed by atoms with Crippen LogP contribution >= 0.6 is 11.3 Å². The molecule has 0 N–H and O–H groups in total. The van der Waals surface area contributed by atoms with Crippen LogP contribution in [-0.4, -0.2) is 35.8 Å². The molecule has 3 rings (SSSR count). The van der Waals surface area contributed by atoms with Crippen molar-refractivity contribution in [3.63, 3.8) is 0 Å². The Morgan fingerprint density at radius 2 is 1.90 bits per heavy atom. The molecule has 0 aliphatic carbocycles. The summed E-state index contributed by atoms with van der Waals surface area (Å²) in [4.78, 5) is 30.0. The number of unbranched alkanes of at least 4 members (excludes halogenated alkanes) is 1. The normalized spacial score (nSPS) is 10.8. The Hall–Kier alpha value is -2.87. The summed E-state index contributed by atoms with van der Waals surface area (Å²) >= 11 is 1.27. The van der Waals surface area contributed by atoms with Crippen LogP contribution in [0.15, 0.2) is 40.8 Å². The number of hydrogen-bond acceptors (Lipinski definition) is 7. The second-order valence-corrected chi connectivity index (χ2v) is 7.30. The second-order valence-electron chi connectivity index (χ2n) is 6.44. The minimum atomic E-state index is -0.468. The maximum Gasteiger partial charge on any atom is 0.339 e. The van der Waals surface area contributed by atoms with Crippen LogP contribution in [0.4, 0.5) is 0 Å². The number of carbonyl (C=O) groups excluding carboxylic acids is 1. The number of esters is 1. The van der Waals surface area contributed by atoms with Crippen LogP contribution in [0.25, 0.3) is 10.2 Å². The fourth-order valence-corrected chi connectivity index (χ4v) is 3.63. The lowest BCUT2D eigenvalue weighted by atomic mass is 10.2. The van der Waals surface area contributed by atoms with Crippen LogP contribution < -0.4 is 15.0 Å². The molecule has 0 aliphatic rings. The second kappa shape index (κ2) is 10.1. The van der Waals surface area contributed by atoms with Crippen molar-refractivity contribution >= 4 is 27.5 Å². The Labute approximate surface area is 172 Å². The van der Waals surface area contributed by atoms with E-state index < -0.39 is 5.97 Å². The van der Waals surface area contributed by atoms with E-state index in [1.54, 1.807) is 12.5 Å². The van der Waals surface area contributed by atoms with Crippen LogP contribution in [0, 0.1) is 0 Å². The molecule has 0 atom stereocenters. The van der Waals surface area contributed by atoms with Gasteiger partial charge in [-0.1, -0.05) is 13.3 Å². The predicted octanol–water partition coefficient (Wildman–Crippen LogP) is 3.89. The lowest BCUT2D eigenvalue weighted by Gasteiger charge is -2.09. The monoisotopic (exact) mass is 416 g/mol. The van der Waals surface area contributed by atoms with E-state index in [2.05, 4.69) is 4.98 Å². The van der Waals surface area contributed by atoms with E-state index in [1.807, 2.05) is 31.2 Å². The van der Waals surface area contributed by atoms with Crippen molar-refractivity contribution in [3.8, 4) is 11.5 Å². The molecule has 0 radical (unpaired) electrons. The largest absolute Gasteiger partial charge is 0.497 e. The van der Waals surface area contributed by atoms with E-state index in [9.17, 15) is 9.59 Å². The number of nitrogens with zero attached hydrogens (tertiary/aromatic N) is 2. The average molecular weight is 416 g/mol. The molecular weight excluding hydrogens is 392 g/mol. The Morgan fingerprint density at radius 1 is 1.14 bits per heavy atom. The van der Waals surface area contributed by atoms with Gasteiger partial charge in [0.2, 0.25) is 0 Å². The molecule has 0 saturated carbocycles. The van der Waals surface area contributed by atoms with Gasteiger partial charge in [-0.15, -0.1) is 11.3 Å². The van der Waals surface area contributed by atoms with Gasteiger partial charge in [-0.2, -0.15) is 0 Å². The third kappa shape index (κ3) is 5.14. The zero-order valence-electron chi connectivity index (χ0n) is 16.6. The molecular formula is C21H24N2O5S. The van der Waals surface area contributed by atoms with Gasteiger partial charge in [-0.25, -0.2) is 9.78 Å². The number of aryl methyl sites for hydroxylation is 1. The SMILES string of the molecule is CCCCOC(=O)c1csc2ncn(CCCOc3ccc(OC)cc3)c(=O)c12. The maximum absolute atomic E-state index is 12.8. The zero-order valence-corrected chi connectivity index (χ0v) is 17.4. The van der Waals surface area contributed by atoms with Gasteiger partial charge in [-0.3, -0.25) is 9.36 Å². The molecule has 0 bridgehead atoms. The summed E-state index contributed by atoms with van der Waals surface area (Å²) in [6.07, 6.45) is 3.87. The highest BCUT2D eigenvalue weighted by Gasteiger charge is 2.18. The Bertz CT molecular complexity index is 1010. The number of thiophene rings is 1. The van der Waals surface area contributed by atoms with Crippen molar-refractivity contribution in [1.29, 1.82) is 0 Å². The molecule has 2 heterocycles. The number of methoxy groups -OCH3 is 1. The van der Waals surface area contributed by atoms with E-state index in [-0.39, 0.29) is 5.56 Å². The highest BCUT2D eigenvalue weighted by molar-refractivity contribution is 7.17. The summed E-state index contributed by atoms with van der Waals surface area (Å²) in [6, 6.07) is 7.32. The van der Waals surface area contributed by atoms with Gasteiger partial charge in [0.25, 0.3) is 5.56 Å². The summed E-state index contributed by atoms with van der Waals surface area (Å²) in [5, 5.41) is 1.97. The fraction of sp³-hybridized carbons (Fsp3) is 0.381. The van der Waals surface area contributed by atoms with Gasteiger partial charge in [0.1, 0.15) is 16.3 Å². The van der Waals surface area contributed by atoms with E-state index in [1.165, 1.54) is 22.2 Å². The third-order valence-corrected chi connectivity index (χ3v) is 5.27. The Balaban J connectivity index is 1.63. The predicted molar refractivity (Wildman–Crippen MR) is 112 cm³/mol. The number of fused-ring (bicyclic) bond motifs is 1. The van der Waals surface area contributed by atoms with Crippen LogP contribution in [0.1, 0.15) is 36.5 Å². The van der Waals surface area contributed by atoms with Crippen LogP contribution in [0.2, 0.25) is 0 Å². The molecule has 3 aromatic rings. The van der Waals surface area contributed by atoms with Crippen molar-refractivity contribution in [2.75, 3.05) is 20.3 Å². The Morgan fingerprint density at radius 3 is 2.62 bits per heavy atom. The lowest BCUT2D eigenvalue weighted by Crippen LogP contribution is -2.22. The highest BCUT2D eigenvalue weighted by Crippen LogP contribution is 2.22. The third-order valence-electron chi connectivity index (χ3n) is 4.38. The molecule has 0 spiro atoms. The van der Waals surface area contributed by atoms with Gasteiger partial charge in [0, 0.05) is 11.9 Å². The molecule has 0 unspecified atom stereocenters. The fourth-order valence-electron chi connectivity index (χ4n) is 2.76. The summed E-state index contributed by atoms with van der Waals surface area (Å²) in [7, 11) is 1.61. The molecule has 0 amide bonds. The molecule has 2 aromatic heterocycles. The van der Waals surface area contributed by atoms with Crippen molar-refractivity contribution in [3.05, 3.63) is 51.9 Å². The maximum atomic E-state index is 12.8. The van der Waals surface area contributed by atoms with Crippen LogP contribution in [0.5, 0.6) is 11.5 Å². The molecule has 0 fully saturated rings. The first-order chi connectivity index (χ1) is 14.1. The molecule has 1 aromatic carbocycles. The van der Waals surface area contributed by atoms with E-state index >= 15 is 0 Å². The average Bonchev–Trinajstić information content (AvgIpc) is 3.18. The molecule has 154 valence electrons. The minimum absolute atomic E-state index is 0.233. The topological polar surface area (TPSA) is 79.7 Å². The van der Waals surface area contributed by atoms with Gasteiger partial charge >= 0.3 is 5.97 Å². The number of ether oxygens (including phenoxy) is 3. The summed E-state index contributed by atoms with van der Waals surface area (Å²) in [5.41, 5.74) is 0.0607. The molecule has 7 nitrogen and oxygen atoms in total. The summed E-state index contributed by atoms with van der Waals surface area (Å²) < 4.78 is 17.6. The van der Waals surface area contributed by atoms with Gasteiger partial charge in [0.15, 0.2) is 0 Å². The summed E-state index contributed by atoms with van der Waals surface area (Å²) in [5.74, 6) is 1.04. The Kier molecular flexibility index (Phi) is 7.24. The first-order valence-electron chi connectivity index (χ1n) is 9.54. The van der Waals surface area contributed by atoms with E-state index in [4.69, 9.17) is 14.2 Å². The lowest BCUT2D eigenvalue weighted by molar-refractivity contribution is 0.0502. The van der Waals surface area contributed by atoms with Crippen molar-refractivity contribution < 1.29 is 19.0 Å².